The molecule has 0 aromatic heterocycles. The van der Waals surface area contributed by atoms with Crippen LogP contribution in [0, 0.1) is 0 Å². The molecule has 1 aliphatic heterocycles. The molecule has 1 saturated carbocycles. The van der Waals surface area contributed by atoms with Crippen molar-refractivity contribution in [2.45, 2.75) is 44.4 Å². The Morgan fingerprint density at radius 2 is 1.76 bits per heavy atom. The number of nitrogens with one attached hydrogen (secondary N) is 1. The fourth-order valence-electron chi connectivity index (χ4n) is 4.84. The van der Waals surface area contributed by atoms with Crippen LogP contribution in [0.15, 0.2) is 60.7 Å². The number of rotatable bonds is 7. The molecule has 5 rings (SSSR count). The highest BCUT2D eigenvalue weighted by Gasteiger charge is 2.50. The van der Waals surface area contributed by atoms with E-state index in [0.29, 0.717) is 17.9 Å². The van der Waals surface area contributed by atoms with Crippen molar-refractivity contribution in [2.75, 3.05) is 13.8 Å². The zero-order valence-electron chi connectivity index (χ0n) is 19.8. The van der Waals surface area contributed by atoms with Crippen LogP contribution in [0.4, 0.5) is 0 Å². The maximum atomic E-state index is 13.5. The van der Waals surface area contributed by atoms with Gasteiger partial charge >= 0.3 is 0 Å². The first-order valence-corrected chi connectivity index (χ1v) is 11.8. The van der Waals surface area contributed by atoms with Crippen molar-refractivity contribution < 1.29 is 19.1 Å². The van der Waals surface area contributed by atoms with E-state index in [0.717, 1.165) is 46.6 Å². The molecule has 0 unspecified atom stereocenters. The summed E-state index contributed by atoms with van der Waals surface area (Å²) in [5.74, 6) is 1.88. The molecule has 34 heavy (non-hydrogen) atoms. The van der Waals surface area contributed by atoms with Gasteiger partial charge in [0.2, 0.25) is 6.79 Å². The Morgan fingerprint density at radius 1 is 0.971 bits per heavy atom. The molecular weight excluding hydrogens is 426 g/mol. The van der Waals surface area contributed by atoms with Crippen LogP contribution in [0.25, 0.3) is 11.1 Å². The first-order chi connectivity index (χ1) is 16.4. The molecule has 1 N–H and O–H groups in total. The van der Waals surface area contributed by atoms with Gasteiger partial charge in [0.05, 0.1) is 5.41 Å². The van der Waals surface area contributed by atoms with Gasteiger partial charge in [-0.05, 0) is 70.8 Å². The Balaban J connectivity index is 1.45. The van der Waals surface area contributed by atoms with E-state index in [9.17, 15) is 9.59 Å². The Bertz CT molecular complexity index is 1270. The smallest absolute Gasteiger partial charge is 0.251 e. The molecule has 1 amide bonds. The van der Waals surface area contributed by atoms with Gasteiger partial charge in [0.25, 0.3) is 5.91 Å². The summed E-state index contributed by atoms with van der Waals surface area (Å²) in [4.78, 5) is 25.7. The van der Waals surface area contributed by atoms with Crippen LogP contribution in [0.1, 0.15) is 59.7 Å². The molecule has 0 radical (unpaired) electrons. The van der Waals surface area contributed by atoms with Crippen LogP contribution < -0.4 is 14.8 Å². The number of benzene rings is 3. The fraction of sp³-hybridized carbons (Fsp3) is 0.310. The third-order valence-corrected chi connectivity index (χ3v) is 6.98. The van der Waals surface area contributed by atoms with Crippen LogP contribution >= 0.6 is 0 Å². The van der Waals surface area contributed by atoms with Crippen LogP contribution in [0.2, 0.25) is 0 Å². The van der Waals surface area contributed by atoms with Gasteiger partial charge in [0.15, 0.2) is 11.5 Å². The minimum Gasteiger partial charge on any atom is -0.454 e. The van der Waals surface area contributed by atoms with E-state index in [1.165, 1.54) is 5.56 Å². The first-order valence-electron chi connectivity index (χ1n) is 11.8. The maximum Gasteiger partial charge on any atom is 0.251 e. The second-order valence-corrected chi connectivity index (χ2v) is 9.49. The zero-order chi connectivity index (χ0) is 23.9. The summed E-state index contributed by atoms with van der Waals surface area (Å²) in [6.07, 6.45) is 2.09. The van der Waals surface area contributed by atoms with Crippen molar-refractivity contribution in [3.8, 4) is 22.6 Å². The van der Waals surface area contributed by atoms with E-state index in [-0.39, 0.29) is 18.5 Å². The summed E-state index contributed by atoms with van der Waals surface area (Å²) in [5.41, 5.74) is 5.44. The van der Waals surface area contributed by atoms with Crippen molar-refractivity contribution in [3.63, 3.8) is 0 Å². The molecule has 174 valence electrons. The summed E-state index contributed by atoms with van der Waals surface area (Å²) in [6, 6.07) is 19.8. The lowest BCUT2D eigenvalue weighted by Crippen LogP contribution is -2.22. The SMILES string of the molecule is CNC(=O)c1cccc(-c2cc(CC(=O)C3(c4ccc5c(c4)OCO5)CC3)ccc2C(C)C)c1. The molecular formula is C29H29NO4. The van der Waals surface area contributed by atoms with E-state index in [2.05, 4.69) is 37.4 Å². The van der Waals surface area contributed by atoms with Gasteiger partial charge in [0, 0.05) is 19.0 Å². The van der Waals surface area contributed by atoms with Gasteiger partial charge in [-0.2, -0.15) is 0 Å². The number of fused-ring (bicyclic) bond motifs is 1. The van der Waals surface area contributed by atoms with Crippen LogP contribution in [0.5, 0.6) is 11.5 Å². The van der Waals surface area contributed by atoms with Gasteiger partial charge in [0.1, 0.15) is 5.78 Å². The molecule has 5 nitrogen and oxygen atoms in total. The summed E-state index contributed by atoms with van der Waals surface area (Å²) >= 11 is 0. The minimum absolute atomic E-state index is 0.112. The summed E-state index contributed by atoms with van der Waals surface area (Å²) in [7, 11) is 1.63. The normalized spacial score (nSPS) is 15.3. The second kappa shape index (κ2) is 8.64. The molecule has 1 aliphatic carbocycles. The molecule has 0 spiro atoms. The Hall–Kier alpha value is -3.60. The Labute approximate surface area is 200 Å². The molecule has 5 heteroatoms. The molecule has 0 bridgehead atoms. The summed E-state index contributed by atoms with van der Waals surface area (Å²) in [5, 5.41) is 2.69. The molecule has 3 aromatic rings. The highest BCUT2D eigenvalue weighted by atomic mass is 16.7. The number of carbonyl (C=O) groups excluding carboxylic acids is 2. The summed E-state index contributed by atoms with van der Waals surface area (Å²) < 4.78 is 11.0. The molecule has 1 fully saturated rings. The van der Waals surface area contributed by atoms with Crippen LogP contribution in [-0.4, -0.2) is 25.5 Å². The van der Waals surface area contributed by atoms with Crippen LogP contribution in [0.3, 0.4) is 0 Å². The topological polar surface area (TPSA) is 64.6 Å². The van der Waals surface area contributed by atoms with E-state index >= 15 is 0 Å². The average Bonchev–Trinajstić information content (AvgIpc) is 3.54. The quantitative estimate of drug-likeness (QED) is 0.517. The highest BCUT2D eigenvalue weighted by Crippen LogP contribution is 2.51. The average molecular weight is 456 g/mol. The highest BCUT2D eigenvalue weighted by molar-refractivity contribution is 5.96. The number of Topliss-reactive ketones (excluding diaryl/α,β-unsaturated/α-hetero) is 1. The van der Waals surface area contributed by atoms with Gasteiger partial charge in [-0.1, -0.05) is 50.2 Å². The number of ether oxygens (including phenoxy) is 2. The van der Waals surface area contributed by atoms with Gasteiger partial charge in [-0.15, -0.1) is 0 Å². The second-order valence-electron chi connectivity index (χ2n) is 9.49. The van der Waals surface area contributed by atoms with E-state index in [1.807, 2.05) is 42.5 Å². The molecule has 1 heterocycles. The van der Waals surface area contributed by atoms with E-state index in [1.54, 1.807) is 7.05 Å². The van der Waals surface area contributed by atoms with Crippen LogP contribution in [-0.2, 0) is 16.6 Å². The molecule has 3 aromatic carbocycles. The van der Waals surface area contributed by atoms with Gasteiger partial charge in [-0.25, -0.2) is 0 Å². The Kier molecular flexibility index (Phi) is 5.64. The van der Waals surface area contributed by atoms with Crippen molar-refractivity contribution in [3.05, 3.63) is 82.9 Å². The Morgan fingerprint density at radius 3 is 2.50 bits per heavy atom. The molecule has 0 saturated heterocycles. The lowest BCUT2D eigenvalue weighted by molar-refractivity contribution is -0.120. The number of carbonyl (C=O) groups is 2. The third-order valence-electron chi connectivity index (χ3n) is 6.98. The molecule has 0 atom stereocenters. The van der Waals surface area contributed by atoms with Crippen molar-refractivity contribution >= 4 is 11.7 Å². The van der Waals surface area contributed by atoms with Gasteiger partial charge in [-0.3, -0.25) is 9.59 Å². The van der Waals surface area contributed by atoms with Crippen molar-refractivity contribution in [1.29, 1.82) is 0 Å². The zero-order valence-corrected chi connectivity index (χ0v) is 19.8. The van der Waals surface area contributed by atoms with Gasteiger partial charge < -0.3 is 14.8 Å². The van der Waals surface area contributed by atoms with E-state index < -0.39 is 5.41 Å². The molecule has 2 aliphatic rings. The largest absolute Gasteiger partial charge is 0.454 e. The predicted molar refractivity (Wildman–Crippen MR) is 132 cm³/mol. The first kappa shape index (κ1) is 22.2. The fourth-order valence-corrected chi connectivity index (χ4v) is 4.84. The predicted octanol–water partition coefficient (Wildman–Crippen LogP) is 5.41. The maximum absolute atomic E-state index is 13.5. The summed E-state index contributed by atoms with van der Waals surface area (Å²) in [6.45, 7) is 4.54. The number of amides is 1. The van der Waals surface area contributed by atoms with Crippen molar-refractivity contribution in [1.82, 2.24) is 5.32 Å². The van der Waals surface area contributed by atoms with Crippen molar-refractivity contribution in [2.24, 2.45) is 0 Å². The van der Waals surface area contributed by atoms with E-state index in [4.69, 9.17) is 9.47 Å². The standard InChI is InChI=1S/C29H29NO4/c1-18(2)23-9-7-19(13-24(23)20-5-4-6-21(15-20)28(32)30-3)14-27(31)29(11-12-29)22-8-10-25-26(16-22)34-17-33-25/h4-10,13,15-16,18H,11-12,14,17H2,1-3H3,(H,30,32). The number of ketones is 1. The number of hydrogen-bond acceptors (Lipinski definition) is 4. The third kappa shape index (κ3) is 3.96. The lowest BCUT2D eigenvalue weighted by atomic mass is 9.85. The lowest BCUT2D eigenvalue weighted by Gasteiger charge is -2.18. The monoisotopic (exact) mass is 455 g/mol. The minimum atomic E-state index is -0.434. The number of hydrogen-bond donors (Lipinski definition) is 1.